The zero-order valence-corrected chi connectivity index (χ0v) is 10.9. The smallest absolute Gasteiger partial charge is 0.172 e. The largest absolute Gasteiger partial charge is 0.488 e. The van der Waals surface area contributed by atoms with Gasteiger partial charge in [-0.05, 0) is 19.1 Å². The molecule has 1 N–H and O–H groups in total. The summed E-state index contributed by atoms with van der Waals surface area (Å²) in [5.74, 6) is 1.95. The molecule has 1 atom stereocenters. The van der Waals surface area contributed by atoms with E-state index in [1.807, 2.05) is 32.9 Å². The van der Waals surface area contributed by atoms with Crippen LogP contribution in [0.2, 0.25) is 0 Å². The predicted octanol–water partition coefficient (Wildman–Crippen LogP) is 1.59. The zero-order chi connectivity index (χ0) is 12.3. The van der Waals surface area contributed by atoms with Gasteiger partial charge in [-0.3, -0.25) is 0 Å². The Labute approximate surface area is 103 Å². The number of nitrogens with one attached hydrogen (secondary N) is 1. The fourth-order valence-corrected chi connectivity index (χ4v) is 2.22. The van der Waals surface area contributed by atoms with Crippen molar-refractivity contribution < 1.29 is 4.74 Å². The van der Waals surface area contributed by atoms with E-state index in [0.29, 0.717) is 6.04 Å². The quantitative estimate of drug-likeness (QED) is 0.741. The fourth-order valence-electron chi connectivity index (χ4n) is 2.22. The second-order valence-electron chi connectivity index (χ2n) is 4.14. The molecule has 0 spiro atoms. The Morgan fingerprint density at radius 2 is 2.24 bits per heavy atom. The van der Waals surface area contributed by atoms with Crippen molar-refractivity contribution in [3.63, 3.8) is 0 Å². The average molecular weight is 235 g/mol. The Hall–Kier alpha value is -1.29. The lowest BCUT2D eigenvalue weighted by atomic mass is 10.1. The molecule has 3 rings (SSSR count). The van der Waals surface area contributed by atoms with Crippen molar-refractivity contribution in [2.24, 2.45) is 0 Å². The van der Waals surface area contributed by atoms with E-state index in [9.17, 15) is 0 Å². The lowest BCUT2D eigenvalue weighted by Gasteiger charge is -2.40. The van der Waals surface area contributed by atoms with Crippen LogP contribution in [0, 0.1) is 6.92 Å². The highest BCUT2D eigenvalue weighted by molar-refractivity contribution is 5.56. The molecule has 4 nitrogen and oxygen atoms in total. The van der Waals surface area contributed by atoms with Crippen LogP contribution in [0.4, 0.5) is 5.82 Å². The third-order valence-electron chi connectivity index (χ3n) is 3.03. The molecule has 0 aromatic carbocycles. The maximum absolute atomic E-state index is 5.70. The number of anilines is 1. The first-order valence-electron chi connectivity index (χ1n) is 6.42. The second-order valence-corrected chi connectivity index (χ2v) is 4.14. The Bertz CT molecular complexity index is 381. The van der Waals surface area contributed by atoms with Gasteiger partial charge in [0.1, 0.15) is 6.61 Å². The highest BCUT2D eigenvalue weighted by atomic mass is 16.5. The molecule has 1 unspecified atom stereocenters. The summed E-state index contributed by atoms with van der Waals surface area (Å²) < 4.78 is 5.70. The number of hydrogen-bond donors (Lipinski definition) is 1. The first-order valence-corrected chi connectivity index (χ1v) is 6.42. The van der Waals surface area contributed by atoms with Crippen LogP contribution < -0.4 is 15.0 Å². The molecule has 0 radical (unpaired) electrons. The van der Waals surface area contributed by atoms with Crippen molar-refractivity contribution in [3.05, 3.63) is 17.8 Å². The molecular weight excluding hydrogens is 214 g/mol. The van der Waals surface area contributed by atoms with Gasteiger partial charge in [0.2, 0.25) is 0 Å². The van der Waals surface area contributed by atoms with Crippen LogP contribution in [0.3, 0.4) is 0 Å². The number of ether oxygens (including phenoxy) is 1. The summed E-state index contributed by atoms with van der Waals surface area (Å²) in [7, 11) is 0. The second kappa shape index (κ2) is 5.36. The number of pyridine rings is 1. The van der Waals surface area contributed by atoms with Gasteiger partial charge in [0.15, 0.2) is 11.6 Å². The molecule has 1 aromatic rings. The molecule has 0 saturated carbocycles. The van der Waals surface area contributed by atoms with E-state index in [1.165, 1.54) is 0 Å². The van der Waals surface area contributed by atoms with E-state index in [4.69, 9.17) is 4.74 Å². The van der Waals surface area contributed by atoms with Gasteiger partial charge < -0.3 is 15.0 Å². The van der Waals surface area contributed by atoms with E-state index in [2.05, 4.69) is 15.2 Å². The molecule has 0 aliphatic carbocycles. The molecule has 1 saturated heterocycles. The zero-order valence-electron chi connectivity index (χ0n) is 10.9. The van der Waals surface area contributed by atoms with Crippen LogP contribution in [0.5, 0.6) is 5.75 Å². The Morgan fingerprint density at radius 1 is 1.41 bits per heavy atom. The molecule has 94 valence electrons. The lowest BCUT2D eigenvalue weighted by Crippen LogP contribution is -2.56. The summed E-state index contributed by atoms with van der Waals surface area (Å²) in [5.41, 5.74) is 1.05. The molecule has 2 aliphatic rings. The Balaban J connectivity index is 0.000000514. The third-order valence-corrected chi connectivity index (χ3v) is 3.03. The Morgan fingerprint density at radius 3 is 3.06 bits per heavy atom. The molecule has 17 heavy (non-hydrogen) atoms. The maximum atomic E-state index is 5.70. The van der Waals surface area contributed by atoms with Gasteiger partial charge in [-0.25, -0.2) is 4.98 Å². The summed E-state index contributed by atoms with van der Waals surface area (Å²) in [6.45, 7) is 9.84. The minimum atomic E-state index is 0.445. The number of nitrogens with zero attached hydrogens (tertiary/aromatic N) is 2. The molecule has 1 aromatic heterocycles. The van der Waals surface area contributed by atoms with Crippen LogP contribution in [0.15, 0.2) is 12.1 Å². The highest BCUT2D eigenvalue weighted by Crippen LogP contribution is 2.32. The predicted molar refractivity (Wildman–Crippen MR) is 69.8 cm³/mol. The SMILES string of the molecule is CC.Cc1ccc2c(n1)N1CCNCC1CO2. The number of hydrogen-bond acceptors (Lipinski definition) is 4. The molecule has 1 fully saturated rings. The number of aryl methyl sites for hydroxylation is 1. The van der Waals surface area contributed by atoms with E-state index in [-0.39, 0.29) is 0 Å². The van der Waals surface area contributed by atoms with Crippen LogP contribution in [-0.4, -0.2) is 37.3 Å². The van der Waals surface area contributed by atoms with Crippen molar-refractivity contribution in [2.75, 3.05) is 31.1 Å². The third kappa shape index (κ3) is 2.36. The van der Waals surface area contributed by atoms with Gasteiger partial charge in [0.25, 0.3) is 0 Å². The fraction of sp³-hybridized carbons (Fsp3) is 0.615. The van der Waals surface area contributed by atoms with Gasteiger partial charge in [-0.15, -0.1) is 0 Å². The van der Waals surface area contributed by atoms with E-state index < -0.39 is 0 Å². The van der Waals surface area contributed by atoms with Gasteiger partial charge >= 0.3 is 0 Å². The first kappa shape index (κ1) is 12.2. The molecule has 0 bridgehead atoms. The minimum absolute atomic E-state index is 0.445. The maximum Gasteiger partial charge on any atom is 0.172 e. The topological polar surface area (TPSA) is 37.4 Å². The number of piperazine rings is 1. The summed E-state index contributed by atoms with van der Waals surface area (Å²) in [6.07, 6.45) is 0. The summed E-state index contributed by atoms with van der Waals surface area (Å²) in [6, 6.07) is 4.47. The van der Waals surface area contributed by atoms with Crippen LogP contribution >= 0.6 is 0 Å². The first-order chi connectivity index (χ1) is 8.34. The summed E-state index contributed by atoms with van der Waals surface area (Å²) in [5, 5.41) is 3.38. The van der Waals surface area contributed by atoms with Gasteiger partial charge in [-0.2, -0.15) is 0 Å². The van der Waals surface area contributed by atoms with Crippen LogP contribution in [0.1, 0.15) is 19.5 Å². The van der Waals surface area contributed by atoms with Crippen molar-refractivity contribution in [1.82, 2.24) is 10.3 Å². The highest BCUT2D eigenvalue weighted by Gasteiger charge is 2.30. The van der Waals surface area contributed by atoms with Crippen molar-refractivity contribution in [3.8, 4) is 5.75 Å². The number of fused-ring (bicyclic) bond motifs is 3. The van der Waals surface area contributed by atoms with Crippen molar-refractivity contribution >= 4 is 5.82 Å². The molecular formula is C13H21N3O. The summed E-state index contributed by atoms with van der Waals surface area (Å²) in [4.78, 5) is 6.93. The number of aromatic nitrogens is 1. The molecule has 2 aliphatic heterocycles. The normalized spacial score (nSPS) is 21.6. The minimum Gasteiger partial charge on any atom is -0.488 e. The van der Waals surface area contributed by atoms with Crippen molar-refractivity contribution in [1.29, 1.82) is 0 Å². The van der Waals surface area contributed by atoms with Gasteiger partial charge in [0.05, 0.1) is 6.04 Å². The van der Waals surface area contributed by atoms with Crippen molar-refractivity contribution in [2.45, 2.75) is 26.8 Å². The molecule has 4 heteroatoms. The lowest BCUT2D eigenvalue weighted by molar-refractivity contribution is 0.244. The van der Waals surface area contributed by atoms with Crippen LogP contribution in [-0.2, 0) is 0 Å². The average Bonchev–Trinajstić information content (AvgIpc) is 2.41. The van der Waals surface area contributed by atoms with Gasteiger partial charge in [0, 0.05) is 25.3 Å². The summed E-state index contributed by atoms with van der Waals surface area (Å²) >= 11 is 0. The monoisotopic (exact) mass is 235 g/mol. The molecule has 3 heterocycles. The number of rotatable bonds is 0. The Kier molecular flexibility index (Phi) is 3.84. The van der Waals surface area contributed by atoms with Gasteiger partial charge in [-0.1, -0.05) is 13.8 Å². The van der Waals surface area contributed by atoms with Crippen LogP contribution in [0.25, 0.3) is 0 Å². The van der Waals surface area contributed by atoms with E-state index in [1.54, 1.807) is 0 Å². The van der Waals surface area contributed by atoms with E-state index in [0.717, 1.165) is 43.5 Å². The molecule has 0 amide bonds. The standard InChI is InChI=1S/C11H15N3O.C2H6/c1-8-2-3-10-11(13-8)14-5-4-12-6-9(14)7-15-10;1-2/h2-3,9,12H,4-7H2,1H3;1-2H3. The van der Waals surface area contributed by atoms with E-state index >= 15 is 0 Å².